The van der Waals surface area contributed by atoms with E-state index in [9.17, 15) is 5.11 Å². The van der Waals surface area contributed by atoms with Crippen molar-refractivity contribution in [3.05, 3.63) is 29.3 Å². The Morgan fingerprint density at radius 3 is 2.79 bits per heavy atom. The van der Waals surface area contributed by atoms with Crippen LogP contribution in [0.3, 0.4) is 0 Å². The molecule has 3 rings (SSSR count). The normalized spacial score (nSPS) is 27.7. The summed E-state index contributed by atoms with van der Waals surface area (Å²) >= 11 is 0. The highest BCUT2D eigenvalue weighted by Crippen LogP contribution is 2.41. The molecule has 1 aromatic carbocycles. The predicted octanol–water partition coefficient (Wildman–Crippen LogP) is 3.90. The Kier molecular flexibility index (Phi) is 3.79. The molecule has 0 spiro atoms. The Morgan fingerprint density at radius 1 is 1.26 bits per heavy atom. The summed E-state index contributed by atoms with van der Waals surface area (Å²) in [6.07, 6.45) is 7.07. The zero-order chi connectivity index (χ0) is 13.2. The van der Waals surface area contributed by atoms with Gasteiger partial charge in [0.05, 0.1) is 6.10 Å². The summed E-state index contributed by atoms with van der Waals surface area (Å²) in [6, 6.07) is 6.38. The van der Waals surface area contributed by atoms with E-state index < -0.39 is 0 Å². The van der Waals surface area contributed by atoms with Gasteiger partial charge in [0.1, 0.15) is 0 Å². The van der Waals surface area contributed by atoms with Gasteiger partial charge in [-0.1, -0.05) is 44.4 Å². The van der Waals surface area contributed by atoms with Crippen molar-refractivity contribution in [1.82, 2.24) is 0 Å². The van der Waals surface area contributed by atoms with Crippen molar-refractivity contribution >= 4 is 5.69 Å². The number of hydrogen-bond acceptors (Lipinski definition) is 2. The lowest BCUT2D eigenvalue weighted by Gasteiger charge is -2.32. The van der Waals surface area contributed by atoms with Crippen molar-refractivity contribution in [2.45, 2.75) is 51.6 Å². The third-order valence-electron chi connectivity index (χ3n) is 5.11. The highest BCUT2D eigenvalue weighted by Gasteiger charge is 2.29. The second-order valence-corrected chi connectivity index (χ2v) is 6.19. The van der Waals surface area contributed by atoms with Gasteiger partial charge in [-0.2, -0.15) is 0 Å². The smallest absolute Gasteiger partial charge is 0.0838 e. The fourth-order valence-corrected chi connectivity index (χ4v) is 3.78. The summed E-state index contributed by atoms with van der Waals surface area (Å²) in [6.45, 7) is 3.30. The first kappa shape index (κ1) is 13.0. The molecule has 0 saturated heterocycles. The van der Waals surface area contributed by atoms with E-state index in [4.69, 9.17) is 0 Å². The van der Waals surface area contributed by atoms with Crippen molar-refractivity contribution in [2.75, 3.05) is 11.9 Å². The molecular formula is C17H25NO. The van der Waals surface area contributed by atoms with Crippen LogP contribution in [0.15, 0.2) is 18.2 Å². The Hall–Kier alpha value is -1.02. The second-order valence-electron chi connectivity index (χ2n) is 6.19. The number of aliphatic hydroxyl groups excluding tert-OH is 1. The van der Waals surface area contributed by atoms with Crippen LogP contribution in [0, 0.1) is 11.8 Å². The van der Waals surface area contributed by atoms with Gasteiger partial charge in [-0.3, -0.25) is 0 Å². The van der Waals surface area contributed by atoms with Gasteiger partial charge < -0.3 is 10.4 Å². The molecule has 0 aromatic heterocycles. The maximum absolute atomic E-state index is 10.7. The maximum atomic E-state index is 10.7. The number of aliphatic hydroxyl groups is 1. The molecule has 1 atom stereocenters. The number of rotatable bonds is 3. The van der Waals surface area contributed by atoms with E-state index in [0.29, 0.717) is 5.92 Å². The number of benzene rings is 1. The fraction of sp³-hybridized carbons (Fsp3) is 0.647. The minimum Gasteiger partial charge on any atom is -0.388 e. The molecule has 0 bridgehead atoms. The summed E-state index contributed by atoms with van der Waals surface area (Å²) in [5, 5.41) is 14.2. The number of nitrogens with one attached hydrogen (secondary N) is 1. The summed E-state index contributed by atoms with van der Waals surface area (Å²) in [4.78, 5) is 0. The van der Waals surface area contributed by atoms with E-state index in [0.717, 1.165) is 24.4 Å². The molecule has 1 unspecified atom stereocenters. The molecule has 0 radical (unpaired) electrons. The van der Waals surface area contributed by atoms with E-state index in [2.05, 4.69) is 30.4 Å². The highest BCUT2D eigenvalue weighted by atomic mass is 16.3. The molecule has 104 valence electrons. The van der Waals surface area contributed by atoms with E-state index in [1.165, 1.54) is 43.4 Å². The SMILES string of the molecule is CCC1CCC(C(O)c2cccc3c2NCC3)CC1. The lowest BCUT2D eigenvalue weighted by molar-refractivity contribution is 0.0735. The summed E-state index contributed by atoms with van der Waals surface area (Å²) < 4.78 is 0. The van der Waals surface area contributed by atoms with Gasteiger partial charge >= 0.3 is 0 Å². The molecule has 1 aliphatic carbocycles. The van der Waals surface area contributed by atoms with Crippen LogP contribution in [-0.2, 0) is 6.42 Å². The topological polar surface area (TPSA) is 32.3 Å². The number of anilines is 1. The van der Waals surface area contributed by atoms with Gasteiger partial charge in [0.15, 0.2) is 0 Å². The largest absolute Gasteiger partial charge is 0.388 e. The predicted molar refractivity (Wildman–Crippen MR) is 79.3 cm³/mol. The summed E-state index contributed by atoms with van der Waals surface area (Å²) in [7, 11) is 0. The monoisotopic (exact) mass is 259 g/mol. The van der Waals surface area contributed by atoms with Crippen LogP contribution in [0.4, 0.5) is 5.69 Å². The van der Waals surface area contributed by atoms with Crippen LogP contribution >= 0.6 is 0 Å². The van der Waals surface area contributed by atoms with Crippen LogP contribution in [0.1, 0.15) is 56.3 Å². The Labute approximate surface area is 116 Å². The minimum atomic E-state index is -0.279. The fourth-order valence-electron chi connectivity index (χ4n) is 3.78. The zero-order valence-corrected chi connectivity index (χ0v) is 11.9. The van der Waals surface area contributed by atoms with Crippen LogP contribution in [0.2, 0.25) is 0 Å². The van der Waals surface area contributed by atoms with Gasteiger partial charge in [-0.15, -0.1) is 0 Å². The van der Waals surface area contributed by atoms with Crippen molar-refractivity contribution < 1.29 is 5.11 Å². The molecule has 19 heavy (non-hydrogen) atoms. The van der Waals surface area contributed by atoms with Crippen LogP contribution < -0.4 is 5.32 Å². The average molecular weight is 259 g/mol. The number of fused-ring (bicyclic) bond motifs is 1. The number of para-hydroxylation sites is 1. The maximum Gasteiger partial charge on any atom is 0.0838 e. The summed E-state index contributed by atoms with van der Waals surface area (Å²) in [5.41, 5.74) is 3.72. The molecule has 2 N–H and O–H groups in total. The molecule has 0 amide bonds. The number of hydrogen-bond donors (Lipinski definition) is 2. The first-order valence-electron chi connectivity index (χ1n) is 7.83. The molecule has 1 aromatic rings. The van der Waals surface area contributed by atoms with Crippen LogP contribution in [-0.4, -0.2) is 11.7 Å². The lowest BCUT2D eigenvalue weighted by Crippen LogP contribution is -2.20. The van der Waals surface area contributed by atoms with Crippen LogP contribution in [0.25, 0.3) is 0 Å². The highest BCUT2D eigenvalue weighted by molar-refractivity contribution is 5.62. The molecule has 1 aliphatic heterocycles. The van der Waals surface area contributed by atoms with Gasteiger partial charge in [-0.05, 0) is 36.7 Å². The first-order chi connectivity index (χ1) is 9.29. The minimum absolute atomic E-state index is 0.279. The Balaban J connectivity index is 1.74. The van der Waals surface area contributed by atoms with E-state index in [-0.39, 0.29) is 6.10 Å². The molecular weight excluding hydrogens is 234 g/mol. The molecule has 2 heteroatoms. The van der Waals surface area contributed by atoms with Crippen molar-refractivity contribution in [2.24, 2.45) is 11.8 Å². The van der Waals surface area contributed by atoms with E-state index >= 15 is 0 Å². The average Bonchev–Trinajstić information content (AvgIpc) is 2.95. The van der Waals surface area contributed by atoms with Crippen molar-refractivity contribution in [1.29, 1.82) is 0 Å². The van der Waals surface area contributed by atoms with E-state index in [1.807, 2.05) is 0 Å². The molecule has 1 fully saturated rings. The van der Waals surface area contributed by atoms with Gasteiger partial charge in [0.25, 0.3) is 0 Å². The van der Waals surface area contributed by atoms with Gasteiger partial charge in [0, 0.05) is 17.8 Å². The third-order valence-corrected chi connectivity index (χ3v) is 5.11. The lowest BCUT2D eigenvalue weighted by atomic mass is 9.76. The second kappa shape index (κ2) is 5.54. The van der Waals surface area contributed by atoms with Gasteiger partial charge in [0.2, 0.25) is 0 Å². The first-order valence-corrected chi connectivity index (χ1v) is 7.83. The summed E-state index contributed by atoms with van der Waals surface area (Å²) in [5.74, 6) is 1.35. The van der Waals surface area contributed by atoms with Gasteiger partial charge in [-0.25, -0.2) is 0 Å². The zero-order valence-electron chi connectivity index (χ0n) is 11.9. The van der Waals surface area contributed by atoms with Crippen LogP contribution in [0.5, 0.6) is 0 Å². The van der Waals surface area contributed by atoms with E-state index in [1.54, 1.807) is 0 Å². The quantitative estimate of drug-likeness (QED) is 0.862. The Bertz CT molecular complexity index is 435. The molecule has 2 nitrogen and oxygen atoms in total. The van der Waals surface area contributed by atoms with Crippen molar-refractivity contribution in [3.63, 3.8) is 0 Å². The third kappa shape index (κ3) is 2.51. The molecule has 1 saturated carbocycles. The Morgan fingerprint density at radius 2 is 2.05 bits per heavy atom. The standard InChI is InChI=1S/C17H25NO/c1-2-12-6-8-14(9-7-12)17(19)15-5-3-4-13-10-11-18-16(13)15/h3-5,12,14,17-19H,2,6-11H2,1H3. The molecule has 1 heterocycles. The molecule has 2 aliphatic rings. The van der Waals surface area contributed by atoms with Crippen molar-refractivity contribution in [3.8, 4) is 0 Å².